The average Bonchev–Trinajstić information content (AvgIpc) is 2.97. The van der Waals surface area contributed by atoms with Crippen molar-refractivity contribution >= 4 is 16.8 Å². The Morgan fingerprint density at radius 2 is 1.80 bits per heavy atom. The van der Waals surface area contributed by atoms with E-state index in [0.29, 0.717) is 0 Å². The SMILES string of the molecule is CC[NH+](CC)CCn1c2ccccc2n2cc(C)nc12. The lowest BCUT2D eigenvalue weighted by atomic mass is 10.3. The third-order valence-electron chi connectivity index (χ3n) is 4.17. The molecule has 0 unspecified atom stereocenters. The molecule has 0 radical (unpaired) electrons. The molecule has 0 atom stereocenters. The molecule has 4 heteroatoms. The maximum Gasteiger partial charge on any atom is 0.215 e. The zero-order valence-corrected chi connectivity index (χ0v) is 12.6. The molecule has 0 aliphatic heterocycles. The maximum absolute atomic E-state index is 4.70. The van der Waals surface area contributed by atoms with E-state index in [1.165, 1.54) is 24.1 Å². The number of hydrogen-bond acceptors (Lipinski definition) is 1. The van der Waals surface area contributed by atoms with Gasteiger partial charge in [-0.25, -0.2) is 4.98 Å². The van der Waals surface area contributed by atoms with E-state index < -0.39 is 0 Å². The second-order valence-electron chi connectivity index (χ2n) is 5.40. The van der Waals surface area contributed by atoms with Crippen LogP contribution < -0.4 is 4.90 Å². The largest absolute Gasteiger partial charge is 0.334 e. The molecule has 0 amide bonds. The van der Waals surface area contributed by atoms with Gasteiger partial charge in [0, 0.05) is 6.20 Å². The second kappa shape index (κ2) is 5.29. The van der Waals surface area contributed by atoms with Gasteiger partial charge in [0.1, 0.15) is 0 Å². The van der Waals surface area contributed by atoms with Crippen LogP contribution in [0.25, 0.3) is 16.8 Å². The number of nitrogens with one attached hydrogen (secondary N) is 1. The van der Waals surface area contributed by atoms with Crippen LogP contribution in [0.3, 0.4) is 0 Å². The molecule has 0 fully saturated rings. The van der Waals surface area contributed by atoms with Crippen LogP contribution in [0.5, 0.6) is 0 Å². The van der Waals surface area contributed by atoms with Crippen molar-refractivity contribution in [3.8, 4) is 0 Å². The smallest absolute Gasteiger partial charge is 0.215 e. The lowest BCUT2D eigenvalue weighted by Crippen LogP contribution is -3.11. The Morgan fingerprint density at radius 1 is 1.10 bits per heavy atom. The number of benzene rings is 1. The van der Waals surface area contributed by atoms with Crippen molar-refractivity contribution in [2.24, 2.45) is 0 Å². The minimum Gasteiger partial charge on any atom is -0.334 e. The van der Waals surface area contributed by atoms with Gasteiger partial charge < -0.3 is 9.47 Å². The Balaban J connectivity index is 2.06. The number of imidazole rings is 2. The van der Waals surface area contributed by atoms with Gasteiger partial charge >= 0.3 is 0 Å². The number of aromatic nitrogens is 3. The molecule has 0 saturated heterocycles. The first-order chi connectivity index (χ1) is 9.74. The molecule has 0 aliphatic carbocycles. The fraction of sp³-hybridized carbons (Fsp3) is 0.438. The molecule has 0 aliphatic rings. The summed E-state index contributed by atoms with van der Waals surface area (Å²) in [4.78, 5) is 6.33. The number of aryl methyl sites for hydroxylation is 1. The summed E-state index contributed by atoms with van der Waals surface area (Å²) < 4.78 is 4.57. The molecule has 1 N–H and O–H groups in total. The summed E-state index contributed by atoms with van der Waals surface area (Å²) in [5.74, 6) is 1.07. The number of nitrogens with zero attached hydrogens (tertiary/aromatic N) is 3. The van der Waals surface area contributed by atoms with Crippen molar-refractivity contribution in [3.05, 3.63) is 36.2 Å². The highest BCUT2D eigenvalue weighted by molar-refractivity contribution is 5.80. The van der Waals surface area contributed by atoms with Crippen molar-refractivity contribution < 1.29 is 4.90 Å². The number of hydrogen-bond donors (Lipinski definition) is 1. The third-order valence-corrected chi connectivity index (χ3v) is 4.17. The first kappa shape index (κ1) is 13.2. The summed E-state index contributed by atoms with van der Waals surface area (Å²) in [6.45, 7) is 11.1. The predicted molar refractivity (Wildman–Crippen MR) is 82.3 cm³/mol. The van der Waals surface area contributed by atoms with Gasteiger partial charge in [-0.2, -0.15) is 0 Å². The van der Waals surface area contributed by atoms with E-state index in [1.807, 2.05) is 0 Å². The first-order valence-electron chi connectivity index (χ1n) is 7.51. The van der Waals surface area contributed by atoms with Crippen molar-refractivity contribution in [2.45, 2.75) is 27.3 Å². The minimum atomic E-state index is 1.02. The monoisotopic (exact) mass is 271 g/mol. The Morgan fingerprint density at radius 3 is 2.50 bits per heavy atom. The molecule has 0 saturated carbocycles. The van der Waals surface area contributed by atoms with Gasteiger partial charge in [0.2, 0.25) is 5.78 Å². The fourth-order valence-corrected chi connectivity index (χ4v) is 2.95. The third kappa shape index (κ3) is 2.10. The molecule has 3 aromatic rings. The summed E-state index contributed by atoms with van der Waals surface area (Å²) in [6.07, 6.45) is 2.12. The van der Waals surface area contributed by atoms with Crippen LogP contribution in [0.15, 0.2) is 30.5 Å². The summed E-state index contributed by atoms with van der Waals surface area (Å²) in [5.41, 5.74) is 3.61. The number of likely N-dealkylation sites (N-methyl/N-ethyl adjacent to an activating group) is 1. The van der Waals surface area contributed by atoms with Crippen LogP contribution in [0, 0.1) is 6.92 Å². The van der Waals surface area contributed by atoms with E-state index in [0.717, 1.165) is 24.6 Å². The fourth-order valence-electron chi connectivity index (χ4n) is 2.95. The lowest BCUT2D eigenvalue weighted by molar-refractivity contribution is -0.897. The van der Waals surface area contributed by atoms with Crippen LogP contribution in [0.4, 0.5) is 0 Å². The maximum atomic E-state index is 4.70. The molecule has 0 spiro atoms. The number of para-hydroxylation sites is 2. The van der Waals surface area contributed by atoms with Crippen molar-refractivity contribution in [1.82, 2.24) is 14.0 Å². The van der Waals surface area contributed by atoms with Crippen LogP contribution in [0.1, 0.15) is 19.5 Å². The van der Waals surface area contributed by atoms with Crippen LogP contribution >= 0.6 is 0 Å². The van der Waals surface area contributed by atoms with E-state index >= 15 is 0 Å². The van der Waals surface area contributed by atoms with Crippen LogP contribution in [-0.4, -0.2) is 33.6 Å². The highest BCUT2D eigenvalue weighted by Crippen LogP contribution is 2.20. The van der Waals surface area contributed by atoms with Crippen molar-refractivity contribution in [3.63, 3.8) is 0 Å². The zero-order chi connectivity index (χ0) is 14.1. The molecular weight excluding hydrogens is 248 g/mol. The molecule has 1 aromatic carbocycles. The van der Waals surface area contributed by atoms with E-state index in [9.17, 15) is 0 Å². The molecule has 3 rings (SSSR count). The van der Waals surface area contributed by atoms with E-state index in [2.05, 4.69) is 60.2 Å². The summed E-state index contributed by atoms with van der Waals surface area (Å²) in [5, 5.41) is 0. The number of quaternary nitrogens is 1. The minimum absolute atomic E-state index is 1.02. The Hall–Kier alpha value is -1.81. The summed E-state index contributed by atoms with van der Waals surface area (Å²) in [6, 6.07) is 8.56. The van der Waals surface area contributed by atoms with Gasteiger partial charge in [0.25, 0.3) is 0 Å². The highest BCUT2D eigenvalue weighted by atomic mass is 15.2. The topological polar surface area (TPSA) is 26.7 Å². The predicted octanol–water partition coefficient (Wildman–Crippen LogP) is 1.52. The molecule has 0 bridgehead atoms. The Bertz CT molecular complexity index is 719. The quantitative estimate of drug-likeness (QED) is 0.748. The lowest BCUT2D eigenvalue weighted by Gasteiger charge is -2.15. The van der Waals surface area contributed by atoms with Gasteiger partial charge in [-0.1, -0.05) is 12.1 Å². The standard InChI is InChI=1S/C16H22N4/c1-4-18(5-2)10-11-19-14-8-6-7-9-15(14)20-12-13(3)17-16(19)20/h6-9,12H,4-5,10-11H2,1-3H3/p+1. The molecule has 2 aromatic heterocycles. The van der Waals surface area contributed by atoms with Gasteiger partial charge in [0.05, 0.1) is 42.9 Å². The average molecular weight is 271 g/mol. The molecule has 4 nitrogen and oxygen atoms in total. The van der Waals surface area contributed by atoms with E-state index in [1.54, 1.807) is 4.90 Å². The summed E-state index contributed by atoms with van der Waals surface area (Å²) >= 11 is 0. The van der Waals surface area contributed by atoms with Crippen LogP contribution in [0.2, 0.25) is 0 Å². The highest BCUT2D eigenvalue weighted by Gasteiger charge is 2.13. The normalized spacial score (nSPS) is 12.0. The van der Waals surface area contributed by atoms with Gasteiger partial charge in [0.15, 0.2) is 0 Å². The number of fused-ring (bicyclic) bond motifs is 3. The molecular formula is C16H23N4+. The molecule has 20 heavy (non-hydrogen) atoms. The summed E-state index contributed by atoms with van der Waals surface area (Å²) in [7, 11) is 0. The van der Waals surface area contributed by atoms with Gasteiger partial charge in [-0.15, -0.1) is 0 Å². The van der Waals surface area contributed by atoms with Gasteiger partial charge in [-0.05, 0) is 32.9 Å². The van der Waals surface area contributed by atoms with E-state index in [-0.39, 0.29) is 0 Å². The number of rotatable bonds is 5. The first-order valence-corrected chi connectivity index (χ1v) is 7.51. The van der Waals surface area contributed by atoms with Crippen molar-refractivity contribution in [1.29, 1.82) is 0 Å². The molecule has 106 valence electrons. The molecule has 2 heterocycles. The van der Waals surface area contributed by atoms with Gasteiger partial charge in [-0.3, -0.25) is 4.40 Å². The Labute approximate surface area is 119 Å². The van der Waals surface area contributed by atoms with Crippen LogP contribution in [-0.2, 0) is 6.54 Å². The Kier molecular flexibility index (Phi) is 3.49. The van der Waals surface area contributed by atoms with E-state index in [4.69, 9.17) is 4.98 Å². The van der Waals surface area contributed by atoms with Crippen molar-refractivity contribution in [2.75, 3.05) is 19.6 Å². The zero-order valence-electron chi connectivity index (χ0n) is 12.6. The second-order valence-corrected chi connectivity index (χ2v) is 5.40.